The summed E-state index contributed by atoms with van der Waals surface area (Å²) in [7, 11) is 0. The Balaban J connectivity index is 2.08. The minimum Gasteiger partial charge on any atom is -0.439 e. The summed E-state index contributed by atoms with van der Waals surface area (Å²) in [5, 5.41) is 11.8. The van der Waals surface area contributed by atoms with Gasteiger partial charge >= 0.3 is 6.09 Å². The minimum atomic E-state index is -0.453. The van der Waals surface area contributed by atoms with E-state index in [4.69, 9.17) is 9.84 Å². The fraction of sp³-hybridized carbons (Fsp3) is 0.308. The highest BCUT2D eigenvalue weighted by atomic mass is 16.6. The molecule has 1 heterocycles. The Bertz CT molecular complexity index is 416. The number of nitrogens with one attached hydrogen (secondary N) is 1. The van der Waals surface area contributed by atoms with Gasteiger partial charge in [0.15, 0.2) is 0 Å². The number of alkyl carbamates (subject to hydrolysis) is 1. The van der Waals surface area contributed by atoms with E-state index in [0.29, 0.717) is 12.0 Å². The highest BCUT2D eigenvalue weighted by molar-refractivity contribution is 5.71. The van der Waals surface area contributed by atoms with Crippen LogP contribution in [0.2, 0.25) is 0 Å². The number of ether oxygens (including phenoxy) is 1. The van der Waals surface area contributed by atoms with Crippen LogP contribution in [0.25, 0.3) is 0 Å². The van der Waals surface area contributed by atoms with E-state index in [9.17, 15) is 4.79 Å². The monoisotopic (exact) mass is 233 g/mol. The second-order valence-corrected chi connectivity index (χ2v) is 4.08. The van der Waals surface area contributed by atoms with Gasteiger partial charge in [-0.25, -0.2) is 4.79 Å². The Hall–Kier alpha value is -1.81. The molecule has 1 aliphatic heterocycles. The average molecular weight is 233 g/mol. The molecule has 1 aliphatic rings. The van der Waals surface area contributed by atoms with E-state index in [1.54, 1.807) is 0 Å². The van der Waals surface area contributed by atoms with Crippen LogP contribution in [0.4, 0.5) is 4.79 Å². The third-order valence-corrected chi connectivity index (χ3v) is 2.81. The highest BCUT2D eigenvalue weighted by Gasteiger charge is 2.35. The zero-order valence-corrected chi connectivity index (χ0v) is 9.43. The Kier molecular flexibility index (Phi) is 3.44. The maximum absolute atomic E-state index is 11.2. The van der Waals surface area contributed by atoms with E-state index < -0.39 is 12.2 Å². The van der Waals surface area contributed by atoms with Gasteiger partial charge in [0.25, 0.3) is 0 Å². The molecule has 0 bridgehead atoms. The normalized spacial score (nSPS) is 23.0. The summed E-state index contributed by atoms with van der Waals surface area (Å²) in [6.45, 7) is 3.54. The van der Waals surface area contributed by atoms with Crippen molar-refractivity contribution < 1.29 is 14.6 Å². The third kappa shape index (κ3) is 2.65. The number of carbonyl (C=O) groups is 1. The van der Waals surface area contributed by atoms with Crippen molar-refractivity contribution in [3.63, 3.8) is 0 Å². The number of carbonyl (C=O) groups excluding carboxylic acids is 1. The molecule has 1 aromatic rings. The molecule has 4 heteroatoms. The molecule has 0 unspecified atom stereocenters. The van der Waals surface area contributed by atoms with Crippen molar-refractivity contribution in [3.8, 4) is 0 Å². The molecule has 0 aliphatic carbocycles. The first-order valence-electron chi connectivity index (χ1n) is 5.50. The second-order valence-electron chi connectivity index (χ2n) is 4.08. The van der Waals surface area contributed by atoms with Crippen molar-refractivity contribution in [1.29, 1.82) is 0 Å². The maximum atomic E-state index is 11.2. The van der Waals surface area contributed by atoms with Crippen LogP contribution >= 0.6 is 0 Å². The van der Waals surface area contributed by atoms with Gasteiger partial charge in [0, 0.05) is 0 Å². The summed E-state index contributed by atoms with van der Waals surface area (Å²) >= 11 is 0. The summed E-state index contributed by atoms with van der Waals surface area (Å²) in [6, 6.07) is 9.65. The first kappa shape index (κ1) is 11.7. The summed E-state index contributed by atoms with van der Waals surface area (Å²) in [5.41, 5.74) is 1.63. The number of aliphatic hydroxyl groups excluding tert-OH is 1. The second kappa shape index (κ2) is 5.01. The van der Waals surface area contributed by atoms with Crippen LogP contribution in [-0.4, -0.2) is 30.0 Å². The molecule has 1 aromatic carbocycles. The van der Waals surface area contributed by atoms with Crippen LogP contribution in [0.1, 0.15) is 5.56 Å². The number of benzene rings is 1. The van der Waals surface area contributed by atoms with Crippen molar-refractivity contribution in [2.45, 2.75) is 18.6 Å². The first-order chi connectivity index (χ1) is 8.20. The van der Waals surface area contributed by atoms with E-state index >= 15 is 0 Å². The number of aliphatic hydroxyl groups is 1. The minimum absolute atomic E-state index is 0.162. The average Bonchev–Trinajstić information content (AvgIpc) is 2.70. The van der Waals surface area contributed by atoms with E-state index in [1.807, 2.05) is 30.3 Å². The number of hydrogen-bond acceptors (Lipinski definition) is 3. The van der Waals surface area contributed by atoms with Crippen LogP contribution in [0.5, 0.6) is 0 Å². The van der Waals surface area contributed by atoms with E-state index in [2.05, 4.69) is 11.9 Å². The summed E-state index contributed by atoms with van der Waals surface area (Å²) < 4.78 is 5.09. The molecule has 17 heavy (non-hydrogen) atoms. The van der Waals surface area contributed by atoms with E-state index in [-0.39, 0.29) is 12.6 Å². The molecule has 2 rings (SSSR count). The fourth-order valence-electron chi connectivity index (χ4n) is 1.94. The van der Waals surface area contributed by atoms with Gasteiger partial charge in [0.2, 0.25) is 0 Å². The number of rotatable bonds is 4. The molecule has 0 saturated carbocycles. The molecular formula is C13H15NO3. The third-order valence-electron chi connectivity index (χ3n) is 2.81. The molecule has 1 saturated heterocycles. The van der Waals surface area contributed by atoms with Gasteiger partial charge in [0.05, 0.1) is 12.6 Å². The smallest absolute Gasteiger partial charge is 0.408 e. The van der Waals surface area contributed by atoms with Crippen LogP contribution in [0, 0.1) is 0 Å². The van der Waals surface area contributed by atoms with Crippen molar-refractivity contribution in [3.05, 3.63) is 48.0 Å². The molecule has 90 valence electrons. The lowest BCUT2D eigenvalue weighted by atomic mass is 9.98. The van der Waals surface area contributed by atoms with Crippen molar-refractivity contribution in [1.82, 2.24) is 5.32 Å². The van der Waals surface area contributed by atoms with Crippen molar-refractivity contribution in [2.75, 3.05) is 6.61 Å². The number of cyclic esters (lactones) is 1. The SMILES string of the molecule is C=C(CO)[C@@H]1OC(=O)N[C@H]1Cc1ccccc1. The molecule has 0 spiro atoms. The molecule has 4 nitrogen and oxygen atoms in total. The lowest BCUT2D eigenvalue weighted by Crippen LogP contribution is -2.35. The molecule has 2 atom stereocenters. The van der Waals surface area contributed by atoms with Gasteiger partial charge in [-0.1, -0.05) is 36.9 Å². The standard InChI is InChI=1S/C13H15NO3/c1-9(8-15)12-11(14-13(16)17-12)7-10-5-3-2-4-6-10/h2-6,11-12,15H,1,7-8H2,(H,14,16)/t11-,12-/m0/s1. The van der Waals surface area contributed by atoms with Gasteiger partial charge in [0.1, 0.15) is 6.10 Å². The fourth-order valence-corrected chi connectivity index (χ4v) is 1.94. The Morgan fingerprint density at radius 3 is 2.76 bits per heavy atom. The molecule has 1 fully saturated rings. The zero-order chi connectivity index (χ0) is 12.3. The van der Waals surface area contributed by atoms with Gasteiger partial charge in [-0.15, -0.1) is 0 Å². The van der Waals surface area contributed by atoms with E-state index in [1.165, 1.54) is 0 Å². The summed E-state index contributed by atoms with van der Waals surface area (Å²) in [6.07, 6.45) is -0.241. The maximum Gasteiger partial charge on any atom is 0.408 e. The summed E-state index contributed by atoms with van der Waals surface area (Å²) in [5.74, 6) is 0. The largest absolute Gasteiger partial charge is 0.439 e. The van der Waals surface area contributed by atoms with Crippen LogP contribution in [0.15, 0.2) is 42.5 Å². The first-order valence-corrected chi connectivity index (χ1v) is 5.50. The van der Waals surface area contributed by atoms with Gasteiger partial charge < -0.3 is 15.2 Å². The molecule has 1 amide bonds. The van der Waals surface area contributed by atoms with Crippen LogP contribution in [0.3, 0.4) is 0 Å². The lowest BCUT2D eigenvalue weighted by Gasteiger charge is -2.17. The predicted molar refractivity (Wildman–Crippen MR) is 63.6 cm³/mol. The molecule has 2 N–H and O–H groups in total. The summed E-state index contributed by atoms with van der Waals surface area (Å²) in [4.78, 5) is 11.2. The number of amides is 1. The highest BCUT2D eigenvalue weighted by Crippen LogP contribution is 2.19. The molecule has 0 radical (unpaired) electrons. The predicted octanol–water partition coefficient (Wildman–Crippen LogP) is 1.25. The number of hydrogen-bond donors (Lipinski definition) is 2. The van der Waals surface area contributed by atoms with Gasteiger partial charge in [-0.2, -0.15) is 0 Å². The van der Waals surface area contributed by atoms with E-state index in [0.717, 1.165) is 5.56 Å². The molecular weight excluding hydrogens is 218 g/mol. The molecule has 0 aromatic heterocycles. The van der Waals surface area contributed by atoms with Gasteiger partial charge in [-0.05, 0) is 17.6 Å². The zero-order valence-electron chi connectivity index (χ0n) is 9.43. The Morgan fingerprint density at radius 2 is 2.12 bits per heavy atom. The topological polar surface area (TPSA) is 58.6 Å². The Labute approximate surface area is 99.9 Å². The van der Waals surface area contributed by atoms with Crippen LogP contribution < -0.4 is 5.32 Å². The van der Waals surface area contributed by atoms with Crippen molar-refractivity contribution in [2.24, 2.45) is 0 Å². The van der Waals surface area contributed by atoms with Crippen LogP contribution in [-0.2, 0) is 11.2 Å². The van der Waals surface area contributed by atoms with Crippen molar-refractivity contribution >= 4 is 6.09 Å². The quantitative estimate of drug-likeness (QED) is 0.770. The lowest BCUT2D eigenvalue weighted by molar-refractivity contribution is 0.141. The Morgan fingerprint density at radius 1 is 1.41 bits per heavy atom. The van der Waals surface area contributed by atoms with Gasteiger partial charge in [-0.3, -0.25) is 0 Å².